The Morgan fingerprint density at radius 2 is 2.03 bits per heavy atom. The van der Waals surface area contributed by atoms with Gasteiger partial charge in [0.15, 0.2) is 5.16 Å². The molecule has 0 radical (unpaired) electrons. The summed E-state index contributed by atoms with van der Waals surface area (Å²) in [6.07, 6.45) is 5.54. The van der Waals surface area contributed by atoms with Crippen molar-refractivity contribution in [3.05, 3.63) is 40.9 Å². The summed E-state index contributed by atoms with van der Waals surface area (Å²) in [6, 6.07) is 0.889. The molecular weight excluding hydrogens is 489 g/mol. The first-order chi connectivity index (χ1) is 16.0. The van der Waals surface area contributed by atoms with Crippen molar-refractivity contribution in [3.8, 4) is 0 Å². The van der Waals surface area contributed by atoms with Gasteiger partial charge in [0.25, 0.3) is 5.91 Å². The van der Waals surface area contributed by atoms with Crippen LogP contribution in [0.4, 0.5) is 0 Å². The van der Waals surface area contributed by atoms with Crippen LogP contribution < -0.4 is 40.2 Å². The van der Waals surface area contributed by atoms with Gasteiger partial charge in [-0.1, -0.05) is 11.8 Å². The van der Waals surface area contributed by atoms with E-state index in [4.69, 9.17) is 0 Å². The minimum Gasteiger partial charge on any atom is -1.00 e. The third kappa shape index (κ3) is 4.78. The average molecular weight is 512 g/mol. The van der Waals surface area contributed by atoms with Crippen molar-refractivity contribution >= 4 is 47.2 Å². The van der Waals surface area contributed by atoms with Crippen LogP contribution in [0.3, 0.4) is 0 Å². The largest absolute Gasteiger partial charge is 1.00 e. The monoisotopic (exact) mass is 511 g/mol. The third-order valence-electron chi connectivity index (χ3n) is 5.93. The maximum absolute atomic E-state index is 12.9. The predicted molar refractivity (Wildman–Crippen MR) is 121 cm³/mol. The van der Waals surface area contributed by atoms with Crippen molar-refractivity contribution in [2.75, 3.05) is 18.1 Å². The fourth-order valence-corrected chi connectivity index (χ4v) is 6.33. The first kappa shape index (κ1) is 25.2. The normalized spacial score (nSPS) is 25.1. The van der Waals surface area contributed by atoms with Crippen molar-refractivity contribution < 1.29 is 55.3 Å². The second kappa shape index (κ2) is 10.4. The van der Waals surface area contributed by atoms with E-state index in [2.05, 4.69) is 20.6 Å². The average Bonchev–Trinajstić information content (AvgIpc) is 3.57. The molecule has 4 heterocycles. The summed E-state index contributed by atoms with van der Waals surface area (Å²) in [5.41, 5.74) is 1.94. The first-order valence-electron chi connectivity index (χ1n) is 10.6. The number of nitrogens with zero attached hydrogens (tertiary/aromatic N) is 3. The van der Waals surface area contributed by atoms with E-state index >= 15 is 0 Å². The van der Waals surface area contributed by atoms with Gasteiger partial charge in [0.2, 0.25) is 11.8 Å². The van der Waals surface area contributed by atoms with Crippen LogP contribution in [0.2, 0.25) is 0 Å². The molecule has 3 fully saturated rings. The molecule has 3 amide bonds. The van der Waals surface area contributed by atoms with Crippen LogP contribution >= 0.6 is 23.5 Å². The van der Waals surface area contributed by atoms with E-state index in [9.17, 15) is 24.3 Å². The molecule has 0 bridgehead atoms. The molecule has 1 aliphatic carbocycles. The van der Waals surface area contributed by atoms with Crippen LogP contribution in [-0.2, 0) is 19.2 Å². The SMILES string of the molecule is O=C(CSc1ncccn1)N[C@@H]1C(=O)N2C(C(=O)O)=C(C(=C3CCNC3=O)C3CC3)CS[C@H]12.[H-].[Na+]. The zero-order chi connectivity index (χ0) is 23.1. The van der Waals surface area contributed by atoms with Crippen molar-refractivity contribution in [2.24, 2.45) is 5.92 Å². The standard InChI is InChI=1S/C21H21N5O5S2.Na.H/c27-13(9-33-21-23-5-1-6-24-21)25-15-18(29)26-16(20(30)31)12(8-32-19(15)26)14(10-2-3-10)11-4-7-22-17(11)28;;/h1,5-6,10,15,19H,2-4,7-9H2,(H,22,28)(H,25,27)(H,30,31);;/q;+1;-1/t15-,19-;;/m1../s1. The number of rotatable bonds is 7. The molecular formula is C21H22N5NaO5S2. The fourth-order valence-electron chi connectivity index (χ4n) is 4.36. The summed E-state index contributed by atoms with van der Waals surface area (Å²) in [4.78, 5) is 59.3. The summed E-state index contributed by atoms with van der Waals surface area (Å²) >= 11 is 2.57. The molecule has 10 nitrogen and oxygen atoms in total. The number of aromatic nitrogens is 2. The summed E-state index contributed by atoms with van der Waals surface area (Å²) in [7, 11) is 0. The molecule has 4 aliphatic rings. The second-order valence-corrected chi connectivity index (χ2v) is 10.1. The summed E-state index contributed by atoms with van der Waals surface area (Å²) in [5, 5.41) is 15.5. The Bertz CT molecular complexity index is 1110. The van der Waals surface area contributed by atoms with Gasteiger partial charge in [-0.05, 0) is 42.4 Å². The van der Waals surface area contributed by atoms with Gasteiger partial charge in [0.05, 0.1) is 5.75 Å². The van der Waals surface area contributed by atoms with Crippen LogP contribution in [0.1, 0.15) is 20.7 Å². The molecule has 1 saturated carbocycles. The van der Waals surface area contributed by atoms with E-state index in [1.807, 2.05) is 0 Å². The number of carbonyl (C=O) groups excluding carboxylic acids is 3. The zero-order valence-corrected chi connectivity index (χ0v) is 22.1. The van der Waals surface area contributed by atoms with Crippen molar-refractivity contribution in [2.45, 2.75) is 35.8 Å². The summed E-state index contributed by atoms with van der Waals surface area (Å²) < 4.78 is 0. The van der Waals surface area contributed by atoms with Gasteiger partial charge in [-0.15, -0.1) is 11.8 Å². The van der Waals surface area contributed by atoms with Crippen molar-refractivity contribution in [1.29, 1.82) is 0 Å². The number of amides is 3. The van der Waals surface area contributed by atoms with Crippen LogP contribution in [0, 0.1) is 5.92 Å². The summed E-state index contributed by atoms with van der Waals surface area (Å²) in [6.45, 7) is 0.540. The molecule has 13 heteroatoms. The number of hydrogen-bond donors (Lipinski definition) is 3. The maximum atomic E-state index is 12.9. The van der Waals surface area contributed by atoms with Gasteiger partial charge in [0.1, 0.15) is 17.1 Å². The fraction of sp³-hybridized carbons (Fsp3) is 0.429. The third-order valence-corrected chi connectivity index (χ3v) is 8.09. The number of aliphatic carboxylic acids is 1. The van der Waals surface area contributed by atoms with Crippen molar-refractivity contribution in [3.63, 3.8) is 0 Å². The number of carboxylic acid groups (broad SMARTS) is 1. The molecule has 2 saturated heterocycles. The number of allylic oxidation sites excluding steroid dienone is 1. The Kier molecular flexibility index (Phi) is 7.72. The molecule has 5 rings (SSSR count). The molecule has 0 spiro atoms. The number of fused-ring (bicyclic) bond motifs is 1. The van der Waals surface area contributed by atoms with Crippen LogP contribution in [-0.4, -0.2) is 73.1 Å². The Morgan fingerprint density at radius 3 is 2.65 bits per heavy atom. The maximum Gasteiger partial charge on any atom is 1.00 e. The first-order valence-corrected chi connectivity index (χ1v) is 12.6. The van der Waals surface area contributed by atoms with Crippen LogP contribution in [0.15, 0.2) is 46.0 Å². The van der Waals surface area contributed by atoms with Gasteiger partial charge in [0, 0.05) is 30.3 Å². The Labute approximate surface area is 227 Å². The van der Waals surface area contributed by atoms with E-state index in [0.29, 0.717) is 35.0 Å². The molecule has 1 aromatic heterocycles. The van der Waals surface area contributed by atoms with Gasteiger partial charge < -0.3 is 17.2 Å². The van der Waals surface area contributed by atoms with E-state index in [1.165, 1.54) is 16.7 Å². The summed E-state index contributed by atoms with van der Waals surface area (Å²) in [5.74, 6) is -1.56. The molecule has 0 aromatic carbocycles. The molecule has 1 aromatic rings. The molecule has 3 N–H and O–H groups in total. The Morgan fingerprint density at radius 1 is 1.29 bits per heavy atom. The predicted octanol–water partition coefficient (Wildman–Crippen LogP) is -2.35. The van der Waals surface area contributed by atoms with Gasteiger partial charge in [-0.2, -0.15) is 0 Å². The number of β-lactam (4-membered cyclic amide) rings is 1. The van der Waals surface area contributed by atoms with Gasteiger partial charge >= 0.3 is 35.5 Å². The van der Waals surface area contributed by atoms with E-state index in [0.717, 1.165) is 30.2 Å². The topological polar surface area (TPSA) is 142 Å². The Balaban J connectivity index is 0.00000171. The molecule has 2 atom stereocenters. The molecule has 3 aliphatic heterocycles. The number of carbonyl (C=O) groups is 4. The van der Waals surface area contributed by atoms with Crippen LogP contribution in [0.5, 0.6) is 0 Å². The number of hydrogen-bond acceptors (Lipinski definition) is 8. The molecule has 34 heavy (non-hydrogen) atoms. The number of nitrogens with one attached hydrogen (secondary N) is 2. The minimum atomic E-state index is -1.19. The minimum absolute atomic E-state index is 0. The van der Waals surface area contributed by atoms with E-state index in [-0.39, 0.29) is 60.2 Å². The van der Waals surface area contributed by atoms with Gasteiger partial charge in [-0.3, -0.25) is 19.3 Å². The van der Waals surface area contributed by atoms with Crippen LogP contribution in [0.25, 0.3) is 0 Å². The Hall–Kier alpha value is -1.86. The van der Waals surface area contributed by atoms with E-state index in [1.54, 1.807) is 18.5 Å². The van der Waals surface area contributed by atoms with Crippen molar-refractivity contribution in [1.82, 2.24) is 25.5 Å². The van der Waals surface area contributed by atoms with Gasteiger partial charge in [-0.25, -0.2) is 14.8 Å². The quantitative estimate of drug-likeness (QED) is 0.121. The smallest absolute Gasteiger partial charge is 1.00 e. The molecule has 174 valence electrons. The number of carboxylic acids is 1. The zero-order valence-electron chi connectivity index (χ0n) is 19.4. The second-order valence-electron chi connectivity index (χ2n) is 8.08. The van der Waals surface area contributed by atoms with E-state index < -0.39 is 23.3 Å². The molecule has 0 unspecified atom stereocenters. The number of thioether (sulfide) groups is 2.